The van der Waals surface area contributed by atoms with Crippen LogP contribution >= 0.6 is 0 Å². The quantitative estimate of drug-likeness (QED) is 0.707. The van der Waals surface area contributed by atoms with E-state index in [4.69, 9.17) is 0 Å². The SMILES string of the molecule is CCc1ccc(CC(C)NCCCc2ccccc2)cc1. The third-order valence-corrected chi connectivity index (χ3v) is 3.95. The van der Waals surface area contributed by atoms with Gasteiger partial charge < -0.3 is 5.32 Å². The Morgan fingerprint density at radius 2 is 1.52 bits per heavy atom. The molecule has 1 nitrogen and oxygen atoms in total. The molecule has 0 heterocycles. The van der Waals surface area contributed by atoms with E-state index in [9.17, 15) is 0 Å². The summed E-state index contributed by atoms with van der Waals surface area (Å²) in [6.45, 7) is 5.56. The Kier molecular flexibility index (Phi) is 6.49. The van der Waals surface area contributed by atoms with Crippen LogP contribution in [0.1, 0.15) is 37.0 Å². The van der Waals surface area contributed by atoms with Crippen LogP contribution < -0.4 is 5.32 Å². The molecule has 0 aliphatic heterocycles. The Hall–Kier alpha value is -1.60. The van der Waals surface area contributed by atoms with E-state index in [1.807, 2.05) is 0 Å². The number of benzene rings is 2. The summed E-state index contributed by atoms with van der Waals surface area (Å²) in [5, 5.41) is 3.63. The lowest BCUT2D eigenvalue weighted by Crippen LogP contribution is -2.29. The van der Waals surface area contributed by atoms with Crippen molar-refractivity contribution >= 4 is 0 Å². The van der Waals surface area contributed by atoms with Crippen LogP contribution in [-0.4, -0.2) is 12.6 Å². The lowest BCUT2D eigenvalue weighted by Gasteiger charge is -2.14. The molecule has 0 saturated carbocycles. The summed E-state index contributed by atoms with van der Waals surface area (Å²) in [5.74, 6) is 0. The van der Waals surface area contributed by atoms with Gasteiger partial charge in [0.1, 0.15) is 0 Å². The van der Waals surface area contributed by atoms with Gasteiger partial charge in [0, 0.05) is 6.04 Å². The molecule has 0 aromatic heterocycles. The van der Waals surface area contributed by atoms with Gasteiger partial charge in [-0.25, -0.2) is 0 Å². The average molecular weight is 281 g/mol. The lowest BCUT2D eigenvalue weighted by atomic mass is 10.0. The summed E-state index contributed by atoms with van der Waals surface area (Å²) in [7, 11) is 0. The highest BCUT2D eigenvalue weighted by Gasteiger charge is 2.03. The molecule has 0 radical (unpaired) electrons. The molecule has 1 N–H and O–H groups in total. The summed E-state index contributed by atoms with van der Waals surface area (Å²) in [6, 6.07) is 20.3. The molecule has 2 aromatic carbocycles. The van der Waals surface area contributed by atoms with Gasteiger partial charge in [-0.05, 0) is 55.8 Å². The minimum atomic E-state index is 0.535. The molecular formula is C20H27N. The van der Waals surface area contributed by atoms with Crippen LogP contribution in [0.5, 0.6) is 0 Å². The first kappa shape index (κ1) is 15.8. The molecule has 0 aliphatic carbocycles. The van der Waals surface area contributed by atoms with Crippen molar-refractivity contribution in [2.75, 3.05) is 6.54 Å². The molecule has 21 heavy (non-hydrogen) atoms. The van der Waals surface area contributed by atoms with Crippen molar-refractivity contribution in [1.82, 2.24) is 5.32 Å². The molecule has 0 bridgehead atoms. The van der Waals surface area contributed by atoms with Crippen molar-refractivity contribution in [3.63, 3.8) is 0 Å². The van der Waals surface area contributed by atoms with Crippen molar-refractivity contribution in [2.24, 2.45) is 0 Å². The second-order valence-corrected chi connectivity index (χ2v) is 5.82. The molecule has 1 heteroatoms. The molecular weight excluding hydrogens is 254 g/mol. The van der Waals surface area contributed by atoms with Gasteiger partial charge in [0.2, 0.25) is 0 Å². The Morgan fingerprint density at radius 3 is 2.19 bits per heavy atom. The molecule has 0 aliphatic rings. The fourth-order valence-corrected chi connectivity index (χ4v) is 2.62. The highest BCUT2D eigenvalue weighted by atomic mass is 14.9. The monoisotopic (exact) mass is 281 g/mol. The van der Waals surface area contributed by atoms with E-state index >= 15 is 0 Å². The third kappa shape index (κ3) is 5.73. The zero-order chi connectivity index (χ0) is 14.9. The van der Waals surface area contributed by atoms with Gasteiger partial charge in [0.05, 0.1) is 0 Å². The molecule has 2 aromatic rings. The van der Waals surface area contributed by atoms with E-state index in [0.29, 0.717) is 6.04 Å². The lowest BCUT2D eigenvalue weighted by molar-refractivity contribution is 0.534. The van der Waals surface area contributed by atoms with Crippen LogP contribution in [0.3, 0.4) is 0 Å². The van der Waals surface area contributed by atoms with Gasteiger partial charge in [-0.15, -0.1) is 0 Å². The van der Waals surface area contributed by atoms with E-state index in [0.717, 1.165) is 25.8 Å². The van der Waals surface area contributed by atoms with Crippen LogP contribution in [0.4, 0.5) is 0 Å². The largest absolute Gasteiger partial charge is 0.314 e. The van der Waals surface area contributed by atoms with Crippen molar-refractivity contribution in [3.05, 3.63) is 71.3 Å². The van der Waals surface area contributed by atoms with Crippen molar-refractivity contribution in [1.29, 1.82) is 0 Å². The molecule has 0 amide bonds. The normalized spacial score (nSPS) is 12.3. The van der Waals surface area contributed by atoms with E-state index in [-0.39, 0.29) is 0 Å². The fourth-order valence-electron chi connectivity index (χ4n) is 2.62. The Labute approximate surface area is 129 Å². The van der Waals surface area contributed by atoms with Gasteiger partial charge in [0.15, 0.2) is 0 Å². The maximum atomic E-state index is 3.63. The van der Waals surface area contributed by atoms with Crippen molar-refractivity contribution < 1.29 is 0 Å². The molecule has 0 saturated heterocycles. The summed E-state index contributed by atoms with van der Waals surface area (Å²) < 4.78 is 0. The van der Waals surface area contributed by atoms with E-state index in [1.165, 1.54) is 23.1 Å². The topological polar surface area (TPSA) is 12.0 Å². The number of hydrogen-bond donors (Lipinski definition) is 1. The first-order valence-corrected chi connectivity index (χ1v) is 8.13. The van der Waals surface area contributed by atoms with Gasteiger partial charge >= 0.3 is 0 Å². The zero-order valence-electron chi connectivity index (χ0n) is 13.3. The van der Waals surface area contributed by atoms with Crippen LogP contribution in [0.25, 0.3) is 0 Å². The summed E-state index contributed by atoms with van der Waals surface area (Å²) in [5.41, 5.74) is 4.28. The van der Waals surface area contributed by atoms with Gasteiger partial charge in [0.25, 0.3) is 0 Å². The highest BCUT2D eigenvalue weighted by molar-refractivity contribution is 5.23. The summed E-state index contributed by atoms with van der Waals surface area (Å²) in [4.78, 5) is 0. The second kappa shape index (κ2) is 8.63. The Balaban J connectivity index is 1.66. The second-order valence-electron chi connectivity index (χ2n) is 5.82. The van der Waals surface area contributed by atoms with E-state index < -0.39 is 0 Å². The number of hydrogen-bond acceptors (Lipinski definition) is 1. The predicted octanol–water partition coefficient (Wildman–Crippen LogP) is 4.40. The van der Waals surface area contributed by atoms with Gasteiger partial charge in [-0.2, -0.15) is 0 Å². The Bertz CT molecular complexity index is 501. The summed E-state index contributed by atoms with van der Waals surface area (Å²) in [6.07, 6.45) is 4.58. The fraction of sp³-hybridized carbons (Fsp3) is 0.400. The van der Waals surface area contributed by atoms with Crippen LogP contribution in [0.15, 0.2) is 54.6 Å². The highest BCUT2D eigenvalue weighted by Crippen LogP contribution is 2.08. The smallest absolute Gasteiger partial charge is 0.00791 e. The number of aryl methyl sites for hydroxylation is 2. The molecule has 1 unspecified atom stereocenters. The molecule has 1 atom stereocenters. The molecule has 0 fully saturated rings. The van der Waals surface area contributed by atoms with Crippen LogP contribution in [-0.2, 0) is 19.3 Å². The van der Waals surface area contributed by atoms with Gasteiger partial charge in [-0.1, -0.05) is 61.5 Å². The molecule has 2 rings (SSSR count). The van der Waals surface area contributed by atoms with Gasteiger partial charge in [-0.3, -0.25) is 0 Å². The van der Waals surface area contributed by atoms with Crippen molar-refractivity contribution in [2.45, 2.75) is 45.6 Å². The predicted molar refractivity (Wildman–Crippen MR) is 91.8 cm³/mol. The number of nitrogens with one attached hydrogen (secondary N) is 1. The third-order valence-electron chi connectivity index (χ3n) is 3.95. The standard InChI is InChI=1S/C20H27N/c1-3-18-11-13-20(14-12-18)16-17(2)21-15-7-10-19-8-5-4-6-9-19/h4-6,8-9,11-14,17,21H,3,7,10,15-16H2,1-2H3. The number of rotatable bonds is 8. The Morgan fingerprint density at radius 1 is 0.857 bits per heavy atom. The maximum absolute atomic E-state index is 3.63. The average Bonchev–Trinajstić information content (AvgIpc) is 2.53. The van der Waals surface area contributed by atoms with Crippen molar-refractivity contribution in [3.8, 4) is 0 Å². The molecule has 112 valence electrons. The zero-order valence-corrected chi connectivity index (χ0v) is 13.3. The van der Waals surface area contributed by atoms with Crippen LogP contribution in [0.2, 0.25) is 0 Å². The first-order valence-electron chi connectivity index (χ1n) is 8.13. The first-order chi connectivity index (χ1) is 10.3. The maximum Gasteiger partial charge on any atom is 0.00791 e. The summed E-state index contributed by atoms with van der Waals surface area (Å²) >= 11 is 0. The minimum absolute atomic E-state index is 0.535. The minimum Gasteiger partial charge on any atom is -0.314 e. The van der Waals surface area contributed by atoms with E-state index in [1.54, 1.807) is 0 Å². The van der Waals surface area contributed by atoms with E-state index in [2.05, 4.69) is 73.8 Å². The van der Waals surface area contributed by atoms with Crippen LogP contribution in [0, 0.1) is 0 Å². The molecule has 0 spiro atoms.